The summed E-state index contributed by atoms with van der Waals surface area (Å²) in [6, 6.07) is 0. The van der Waals surface area contributed by atoms with Gasteiger partial charge in [-0.05, 0) is 6.92 Å². The van der Waals surface area contributed by atoms with Crippen molar-refractivity contribution in [1.82, 2.24) is 30.1 Å². The molecule has 98 valence electrons. The fourth-order valence-corrected chi connectivity index (χ4v) is 2.63. The maximum absolute atomic E-state index is 12.0. The third-order valence-electron chi connectivity index (χ3n) is 2.39. The van der Waals surface area contributed by atoms with E-state index in [1.807, 2.05) is 0 Å². The highest BCUT2D eigenvalue weighted by Crippen LogP contribution is 2.15. The standard InChI is InChI=1S/C8H13N7O2S/c1-5-6(2-9)8(15-13-5)18(16,17)12-3-7-10-4-11-14-7/h4,12H,2-3,9H2,1H3,(H,13,15)(H,10,11,14). The number of sulfonamides is 1. The van der Waals surface area contributed by atoms with Gasteiger partial charge in [0.15, 0.2) is 5.03 Å². The van der Waals surface area contributed by atoms with E-state index in [0.717, 1.165) is 0 Å². The van der Waals surface area contributed by atoms with E-state index < -0.39 is 10.0 Å². The molecule has 0 spiro atoms. The molecule has 0 atom stereocenters. The van der Waals surface area contributed by atoms with Gasteiger partial charge < -0.3 is 5.73 Å². The molecule has 2 aromatic heterocycles. The molecule has 10 heteroatoms. The minimum atomic E-state index is -3.72. The molecule has 0 saturated carbocycles. The normalized spacial score (nSPS) is 11.9. The second-order valence-corrected chi connectivity index (χ2v) is 5.28. The average molecular weight is 271 g/mol. The number of hydrogen-bond acceptors (Lipinski definition) is 6. The van der Waals surface area contributed by atoms with E-state index in [-0.39, 0.29) is 18.1 Å². The number of hydrogen-bond donors (Lipinski definition) is 4. The first-order valence-electron chi connectivity index (χ1n) is 5.12. The van der Waals surface area contributed by atoms with Crippen molar-refractivity contribution < 1.29 is 8.42 Å². The Labute approximate surface area is 103 Å². The van der Waals surface area contributed by atoms with Gasteiger partial charge in [-0.3, -0.25) is 10.2 Å². The van der Waals surface area contributed by atoms with Crippen LogP contribution in [0.5, 0.6) is 0 Å². The van der Waals surface area contributed by atoms with Gasteiger partial charge in [0, 0.05) is 17.8 Å². The van der Waals surface area contributed by atoms with E-state index in [1.54, 1.807) is 6.92 Å². The van der Waals surface area contributed by atoms with Crippen molar-refractivity contribution >= 4 is 10.0 Å². The van der Waals surface area contributed by atoms with E-state index >= 15 is 0 Å². The van der Waals surface area contributed by atoms with Crippen LogP contribution < -0.4 is 10.5 Å². The Hall–Kier alpha value is -1.78. The van der Waals surface area contributed by atoms with Crippen LogP contribution in [-0.4, -0.2) is 33.8 Å². The highest BCUT2D eigenvalue weighted by Gasteiger charge is 2.22. The summed E-state index contributed by atoms with van der Waals surface area (Å²) in [6.07, 6.45) is 1.30. The van der Waals surface area contributed by atoms with Crippen LogP contribution in [0.25, 0.3) is 0 Å². The monoisotopic (exact) mass is 271 g/mol. The van der Waals surface area contributed by atoms with Gasteiger partial charge in [-0.15, -0.1) is 0 Å². The van der Waals surface area contributed by atoms with E-state index in [4.69, 9.17) is 5.73 Å². The summed E-state index contributed by atoms with van der Waals surface area (Å²) in [5.41, 5.74) is 6.61. The minimum absolute atomic E-state index is 0.0122. The third kappa shape index (κ3) is 2.39. The SMILES string of the molecule is Cc1[nH]nc(S(=O)(=O)NCc2ncn[nH]2)c1CN. The summed E-state index contributed by atoms with van der Waals surface area (Å²) in [6.45, 7) is 1.82. The summed E-state index contributed by atoms with van der Waals surface area (Å²) >= 11 is 0. The number of aromatic amines is 2. The molecular formula is C8H13N7O2S. The quantitative estimate of drug-likeness (QED) is 0.536. The van der Waals surface area contributed by atoms with Gasteiger partial charge in [-0.1, -0.05) is 0 Å². The smallest absolute Gasteiger partial charge is 0.260 e. The molecule has 0 saturated heterocycles. The van der Waals surface area contributed by atoms with E-state index in [0.29, 0.717) is 17.1 Å². The molecule has 0 aliphatic rings. The Morgan fingerprint density at radius 3 is 2.83 bits per heavy atom. The summed E-state index contributed by atoms with van der Waals surface area (Å²) < 4.78 is 26.4. The zero-order chi connectivity index (χ0) is 13.2. The Morgan fingerprint density at radius 2 is 2.22 bits per heavy atom. The van der Waals surface area contributed by atoms with E-state index in [1.165, 1.54) is 6.33 Å². The first kappa shape index (κ1) is 12.7. The van der Waals surface area contributed by atoms with E-state index in [2.05, 4.69) is 30.1 Å². The summed E-state index contributed by atoms with van der Waals surface area (Å²) in [5, 5.41) is 12.5. The number of aryl methyl sites for hydroxylation is 1. The fourth-order valence-electron chi connectivity index (χ4n) is 1.44. The first-order valence-corrected chi connectivity index (χ1v) is 6.60. The van der Waals surface area contributed by atoms with E-state index in [9.17, 15) is 8.42 Å². The summed E-state index contributed by atoms with van der Waals surface area (Å²) in [5.74, 6) is 0.417. The Morgan fingerprint density at radius 1 is 1.44 bits per heavy atom. The lowest BCUT2D eigenvalue weighted by atomic mass is 10.3. The van der Waals surface area contributed by atoms with Crippen molar-refractivity contribution in [3.05, 3.63) is 23.4 Å². The molecule has 0 aliphatic carbocycles. The van der Waals surface area contributed by atoms with Crippen LogP contribution in [0.1, 0.15) is 17.1 Å². The number of nitrogens with zero attached hydrogens (tertiary/aromatic N) is 3. The van der Waals surface area contributed by atoms with Crippen molar-refractivity contribution in [2.75, 3.05) is 0 Å². The van der Waals surface area contributed by atoms with Crippen LogP contribution in [0.3, 0.4) is 0 Å². The van der Waals surface area contributed by atoms with Crippen LogP contribution in [0.2, 0.25) is 0 Å². The zero-order valence-electron chi connectivity index (χ0n) is 9.64. The summed E-state index contributed by atoms with van der Waals surface area (Å²) in [4.78, 5) is 3.81. The molecule has 2 rings (SSSR count). The number of H-pyrrole nitrogens is 2. The largest absolute Gasteiger partial charge is 0.326 e. The van der Waals surface area contributed by atoms with Gasteiger partial charge in [0.25, 0.3) is 10.0 Å². The molecule has 9 nitrogen and oxygen atoms in total. The molecule has 0 aliphatic heterocycles. The number of nitrogens with one attached hydrogen (secondary N) is 3. The van der Waals surface area contributed by atoms with Crippen molar-refractivity contribution in [2.24, 2.45) is 5.73 Å². The number of rotatable bonds is 5. The lowest BCUT2D eigenvalue weighted by Gasteiger charge is -2.04. The van der Waals surface area contributed by atoms with Gasteiger partial charge in [-0.2, -0.15) is 10.2 Å². The van der Waals surface area contributed by atoms with Gasteiger partial charge in [0.1, 0.15) is 12.2 Å². The van der Waals surface area contributed by atoms with Gasteiger partial charge >= 0.3 is 0 Å². The molecule has 0 radical (unpaired) electrons. The zero-order valence-corrected chi connectivity index (χ0v) is 10.5. The molecule has 0 amide bonds. The molecule has 18 heavy (non-hydrogen) atoms. The molecule has 0 bridgehead atoms. The molecule has 0 aromatic carbocycles. The molecule has 0 unspecified atom stereocenters. The van der Waals surface area contributed by atoms with Crippen molar-refractivity contribution in [3.8, 4) is 0 Å². The van der Waals surface area contributed by atoms with Gasteiger partial charge in [0.05, 0.1) is 6.54 Å². The minimum Gasteiger partial charge on any atom is -0.326 e. The summed E-state index contributed by atoms with van der Waals surface area (Å²) in [7, 11) is -3.72. The Kier molecular flexibility index (Phi) is 3.41. The Balaban J connectivity index is 2.20. The van der Waals surface area contributed by atoms with Crippen molar-refractivity contribution in [3.63, 3.8) is 0 Å². The van der Waals surface area contributed by atoms with Crippen molar-refractivity contribution in [2.45, 2.75) is 25.0 Å². The second-order valence-electron chi connectivity index (χ2n) is 3.59. The molecule has 5 N–H and O–H groups in total. The number of aromatic nitrogens is 5. The molecule has 0 fully saturated rings. The van der Waals surface area contributed by atoms with Gasteiger partial charge in [0.2, 0.25) is 0 Å². The second kappa shape index (κ2) is 4.84. The van der Waals surface area contributed by atoms with Crippen LogP contribution in [0.15, 0.2) is 11.4 Å². The maximum atomic E-state index is 12.0. The highest BCUT2D eigenvalue weighted by molar-refractivity contribution is 7.89. The topological polar surface area (TPSA) is 142 Å². The predicted molar refractivity (Wildman–Crippen MR) is 61.6 cm³/mol. The lowest BCUT2D eigenvalue weighted by molar-refractivity contribution is 0.573. The van der Waals surface area contributed by atoms with Crippen LogP contribution in [0, 0.1) is 6.92 Å². The van der Waals surface area contributed by atoms with Crippen LogP contribution >= 0.6 is 0 Å². The lowest BCUT2D eigenvalue weighted by Crippen LogP contribution is -2.25. The average Bonchev–Trinajstić information content (AvgIpc) is 2.95. The molecule has 2 aromatic rings. The predicted octanol–water partition coefficient (Wildman–Crippen LogP) is -1.23. The van der Waals surface area contributed by atoms with Crippen molar-refractivity contribution in [1.29, 1.82) is 0 Å². The fraction of sp³-hybridized carbons (Fsp3) is 0.375. The van der Waals surface area contributed by atoms with Crippen LogP contribution in [-0.2, 0) is 23.1 Å². The molecule has 2 heterocycles. The van der Waals surface area contributed by atoms with Gasteiger partial charge in [-0.25, -0.2) is 18.1 Å². The first-order chi connectivity index (χ1) is 8.54. The maximum Gasteiger partial charge on any atom is 0.260 e. The third-order valence-corrected chi connectivity index (χ3v) is 3.76. The highest BCUT2D eigenvalue weighted by atomic mass is 32.2. The number of nitrogens with two attached hydrogens (primary N) is 1. The Bertz CT molecular complexity index is 616. The molecular weight excluding hydrogens is 258 g/mol. The van der Waals surface area contributed by atoms with Crippen LogP contribution in [0.4, 0.5) is 0 Å².